The van der Waals surface area contributed by atoms with Crippen molar-refractivity contribution in [2.24, 2.45) is 0 Å². The average molecular weight is 1040 g/mol. The van der Waals surface area contributed by atoms with Crippen LogP contribution in [0.3, 0.4) is 0 Å². The van der Waals surface area contributed by atoms with Crippen LogP contribution in [0.5, 0.6) is 0 Å². The number of hydrogen-bond acceptors (Lipinski definition) is 3. The Balaban J connectivity index is 3.34. The molecule has 2 atom stereocenters. The molecule has 0 aromatic rings. The van der Waals surface area contributed by atoms with Crippen molar-refractivity contribution in [1.82, 2.24) is 5.32 Å². The normalized spacial score (nSPS) is 12.5. The third-order valence-electron chi connectivity index (χ3n) is 17.1. The zero-order chi connectivity index (χ0) is 53.4. The van der Waals surface area contributed by atoms with Gasteiger partial charge in [-0.1, -0.05) is 406 Å². The fraction of sp³-hybridized carbons (Fsp3) is 0.986. The van der Waals surface area contributed by atoms with E-state index in [1.165, 1.54) is 372 Å². The van der Waals surface area contributed by atoms with Gasteiger partial charge in [0, 0.05) is 6.42 Å². The summed E-state index contributed by atoms with van der Waals surface area (Å²) in [5.41, 5.74) is 0. The molecule has 0 heterocycles. The fourth-order valence-electron chi connectivity index (χ4n) is 11.8. The predicted octanol–water partition coefficient (Wildman–Crippen LogP) is 23.8. The molecule has 0 bridgehead atoms. The van der Waals surface area contributed by atoms with E-state index >= 15 is 0 Å². The Morgan fingerprint density at radius 3 is 0.608 bits per heavy atom. The maximum Gasteiger partial charge on any atom is 0.220 e. The summed E-state index contributed by atoms with van der Waals surface area (Å²) in [5.74, 6) is -0.0192. The van der Waals surface area contributed by atoms with E-state index in [1.54, 1.807) is 0 Å². The van der Waals surface area contributed by atoms with Gasteiger partial charge in [0.2, 0.25) is 5.91 Å². The first-order valence-electron chi connectivity index (χ1n) is 35.2. The summed E-state index contributed by atoms with van der Waals surface area (Å²) in [6, 6.07) is -0.533. The maximum atomic E-state index is 12.6. The van der Waals surface area contributed by atoms with Crippen molar-refractivity contribution in [2.75, 3.05) is 6.61 Å². The third-order valence-corrected chi connectivity index (χ3v) is 17.1. The van der Waals surface area contributed by atoms with Crippen LogP contribution >= 0.6 is 0 Å². The molecule has 4 nitrogen and oxygen atoms in total. The van der Waals surface area contributed by atoms with Crippen LogP contribution in [0, 0.1) is 0 Å². The summed E-state index contributed by atoms with van der Waals surface area (Å²) in [7, 11) is 0. The van der Waals surface area contributed by atoms with E-state index in [9.17, 15) is 15.0 Å². The molecular weight excluding hydrogens is 903 g/mol. The average Bonchev–Trinajstić information content (AvgIpc) is 3.40. The lowest BCUT2D eigenvalue weighted by molar-refractivity contribution is -0.123. The Labute approximate surface area is 467 Å². The highest BCUT2D eigenvalue weighted by Crippen LogP contribution is 2.20. The number of aliphatic hydroxyl groups excluding tert-OH is 2. The van der Waals surface area contributed by atoms with E-state index in [0.29, 0.717) is 12.8 Å². The van der Waals surface area contributed by atoms with Gasteiger partial charge < -0.3 is 15.5 Å². The molecule has 74 heavy (non-hydrogen) atoms. The van der Waals surface area contributed by atoms with Crippen molar-refractivity contribution in [3.8, 4) is 0 Å². The molecule has 2 unspecified atom stereocenters. The summed E-state index contributed by atoms with van der Waals surface area (Å²) >= 11 is 0. The number of hydrogen-bond donors (Lipinski definition) is 3. The minimum absolute atomic E-state index is 0.0192. The smallest absolute Gasteiger partial charge is 0.220 e. The Morgan fingerprint density at radius 2 is 0.432 bits per heavy atom. The zero-order valence-corrected chi connectivity index (χ0v) is 51.4. The molecule has 444 valence electrons. The first kappa shape index (κ1) is 73.4. The molecule has 0 aromatic carbocycles. The molecule has 0 radical (unpaired) electrons. The Kier molecular flexibility index (Phi) is 66.1. The summed E-state index contributed by atoms with van der Waals surface area (Å²) in [6.07, 6.45) is 87.4. The highest BCUT2D eigenvalue weighted by atomic mass is 16.3. The molecule has 0 aromatic heterocycles. The molecule has 3 N–H and O–H groups in total. The number of rotatable bonds is 67. The molecule has 1 amide bonds. The first-order chi connectivity index (χ1) is 36.7. The molecule has 0 aliphatic heterocycles. The quantitative estimate of drug-likeness (QED) is 0.0532. The second-order valence-electron chi connectivity index (χ2n) is 24.7. The van der Waals surface area contributed by atoms with Gasteiger partial charge >= 0.3 is 0 Å². The number of amides is 1. The SMILES string of the molecule is CCCCCCCCCCCCCCCCCCCCCCCCCCCCCCCCCCCCCCCC(=O)NC(CO)C(O)CCCCCCCCCCCCCCCCCCCCCCCCCCC. The van der Waals surface area contributed by atoms with Crippen LogP contribution in [0.2, 0.25) is 0 Å². The molecule has 0 saturated carbocycles. The van der Waals surface area contributed by atoms with Gasteiger partial charge in [0.05, 0.1) is 18.8 Å². The van der Waals surface area contributed by atoms with Crippen molar-refractivity contribution >= 4 is 5.91 Å². The van der Waals surface area contributed by atoms with Crippen LogP contribution in [0.1, 0.15) is 425 Å². The summed E-state index contributed by atoms with van der Waals surface area (Å²) < 4.78 is 0. The minimum Gasteiger partial charge on any atom is -0.394 e. The van der Waals surface area contributed by atoms with Gasteiger partial charge in [-0.15, -0.1) is 0 Å². The lowest BCUT2D eigenvalue weighted by Crippen LogP contribution is -2.45. The molecular formula is C70H141NO3. The van der Waals surface area contributed by atoms with Gasteiger partial charge in [0.15, 0.2) is 0 Å². The number of nitrogens with one attached hydrogen (secondary N) is 1. The molecule has 0 aliphatic carbocycles. The predicted molar refractivity (Wildman–Crippen MR) is 332 cm³/mol. The van der Waals surface area contributed by atoms with E-state index in [0.717, 1.165) is 25.7 Å². The van der Waals surface area contributed by atoms with E-state index in [2.05, 4.69) is 19.2 Å². The fourth-order valence-corrected chi connectivity index (χ4v) is 11.8. The van der Waals surface area contributed by atoms with Gasteiger partial charge in [0.1, 0.15) is 0 Å². The Hall–Kier alpha value is -0.610. The number of aliphatic hydroxyl groups is 2. The van der Waals surface area contributed by atoms with Crippen LogP contribution in [-0.4, -0.2) is 34.9 Å². The van der Waals surface area contributed by atoms with E-state index in [-0.39, 0.29) is 12.5 Å². The van der Waals surface area contributed by atoms with Crippen LogP contribution in [0.4, 0.5) is 0 Å². The number of carbonyl (C=O) groups excluding carboxylic acids is 1. The first-order valence-corrected chi connectivity index (χ1v) is 35.2. The Morgan fingerprint density at radius 1 is 0.270 bits per heavy atom. The van der Waals surface area contributed by atoms with Gasteiger partial charge in [-0.3, -0.25) is 4.79 Å². The molecule has 0 rings (SSSR count). The molecule has 4 heteroatoms. The summed E-state index contributed by atoms with van der Waals surface area (Å²) in [6.45, 7) is 4.42. The van der Waals surface area contributed by atoms with Crippen molar-refractivity contribution in [3.63, 3.8) is 0 Å². The van der Waals surface area contributed by atoms with E-state index in [4.69, 9.17) is 0 Å². The highest BCUT2D eigenvalue weighted by Gasteiger charge is 2.20. The maximum absolute atomic E-state index is 12.6. The van der Waals surface area contributed by atoms with Gasteiger partial charge in [-0.25, -0.2) is 0 Å². The highest BCUT2D eigenvalue weighted by molar-refractivity contribution is 5.76. The minimum atomic E-state index is -0.656. The largest absolute Gasteiger partial charge is 0.394 e. The van der Waals surface area contributed by atoms with E-state index < -0.39 is 12.1 Å². The summed E-state index contributed by atoms with van der Waals surface area (Å²) in [5, 5.41) is 23.5. The third kappa shape index (κ3) is 62.2. The van der Waals surface area contributed by atoms with Crippen molar-refractivity contribution < 1.29 is 15.0 Å². The van der Waals surface area contributed by atoms with Crippen molar-refractivity contribution in [2.45, 2.75) is 437 Å². The summed E-state index contributed by atoms with van der Waals surface area (Å²) in [4.78, 5) is 12.6. The van der Waals surface area contributed by atoms with Crippen LogP contribution in [-0.2, 0) is 4.79 Å². The van der Waals surface area contributed by atoms with Crippen LogP contribution in [0.15, 0.2) is 0 Å². The zero-order valence-electron chi connectivity index (χ0n) is 51.4. The van der Waals surface area contributed by atoms with Crippen LogP contribution in [0.25, 0.3) is 0 Å². The molecule has 0 fully saturated rings. The number of carbonyl (C=O) groups is 1. The lowest BCUT2D eigenvalue weighted by atomic mass is 10.0. The van der Waals surface area contributed by atoms with E-state index in [1.807, 2.05) is 0 Å². The van der Waals surface area contributed by atoms with Gasteiger partial charge in [0.25, 0.3) is 0 Å². The Bertz CT molecular complexity index is 1000. The van der Waals surface area contributed by atoms with Gasteiger partial charge in [-0.2, -0.15) is 0 Å². The molecule has 0 spiro atoms. The lowest BCUT2D eigenvalue weighted by Gasteiger charge is -2.22. The van der Waals surface area contributed by atoms with Crippen molar-refractivity contribution in [1.29, 1.82) is 0 Å². The monoisotopic (exact) mass is 1040 g/mol. The standard InChI is InChI=1S/C70H141NO3/c1-3-5-7-9-11-13-15-17-19-21-23-25-27-29-30-31-32-33-34-35-36-37-38-39-40-42-44-46-48-50-52-54-56-58-60-62-64-66-70(74)71-68(67-72)69(73)65-63-61-59-57-55-53-51-49-47-45-43-41-28-26-24-22-20-18-16-14-12-10-8-6-4-2/h68-69,72-73H,3-67H2,1-2H3,(H,71,74). The van der Waals surface area contributed by atoms with Gasteiger partial charge in [-0.05, 0) is 12.8 Å². The topological polar surface area (TPSA) is 69.6 Å². The van der Waals surface area contributed by atoms with Crippen LogP contribution < -0.4 is 5.32 Å². The van der Waals surface area contributed by atoms with Crippen molar-refractivity contribution in [3.05, 3.63) is 0 Å². The number of unbranched alkanes of at least 4 members (excludes halogenated alkanes) is 60. The molecule has 0 aliphatic rings. The molecule has 0 saturated heterocycles. The second-order valence-corrected chi connectivity index (χ2v) is 24.7. The second kappa shape index (κ2) is 66.7.